The molecule has 9 heteroatoms. The van der Waals surface area contributed by atoms with Gasteiger partial charge in [-0.25, -0.2) is 13.9 Å². The highest BCUT2D eigenvalue weighted by Crippen LogP contribution is 2.54. The molecule has 1 aromatic rings. The Morgan fingerprint density at radius 1 is 1.27 bits per heavy atom. The van der Waals surface area contributed by atoms with Crippen LogP contribution in [0.2, 0.25) is 5.02 Å². The molecule has 0 bridgehead atoms. The van der Waals surface area contributed by atoms with Gasteiger partial charge in [-0.1, -0.05) is 11.6 Å². The molecule has 0 aromatic heterocycles. The van der Waals surface area contributed by atoms with Crippen LogP contribution in [-0.2, 0) is 14.6 Å². The van der Waals surface area contributed by atoms with Crippen LogP contribution in [0.5, 0.6) is 5.75 Å². The smallest absolute Gasteiger partial charge is 0.265 e. The van der Waals surface area contributed by atoms with Crippen molar-refractivity contribution in [3.8, 4) is 5.75 Å². The van der Waals surface area contributed by atoms with Gasteiger partial charge in [-0.15, -0.1) is 0 Å². The first-order valence-electron chi connectivity index (χ1n) is 8.54. The number of rotatable bonds is 4. The van der Waals surface area contributed by atoms with Crippen LogP contribution in [0.3, 0.4) is 0 Å². The van der Waals surface area contributed by atoms with Gasteiger partial charge in [-0.3, -0.25) is 10.0 Å². The van der Waals surface area contributed by atoms with Crippen molar-refractivity contribution >= 4 is 27.3 Å². The van der Waals surface area contributed by atoms with E-state index in [0.717, 1.165) is 25.9 Å². The van der Waals surface area contributed by atoms with Gasteiger partial charge in [0.15, 0.2) is 14.6 Å². The summed E-state index contributed by atoms with van der Waals surface area (Å²) in [6.45, 7) is 1.59. The lowest BCUT2D eigenvalue weighted by molar-refractivity contribution is -0.132. The van der Waals surface area contributed by atoms with Crippen LogP contribution in [0.4, 0.5) is 0 Å². The molecule has 1 spiro atoms. The van der Waals surface area contributed by atoms with Crippen LogP contribution >= 0.6 is 11.6 Å². The van der Waals surface area contributed by atoms with Crippen molar-refractivity contribution in [2.75, 3.05) is 20.2 Å². The van der Waals surface area contributed by atoms with Crippen molar-refractivity contribution in [2.24, 2.45) is 5.41 Å². The first kappa shape index (κ1) is 19.4. The van der Waals surface area contributed by atoms with Crippen LogP contribution in [0.15, 0.2) is 23.1 Å². The second-order valence-corrected chi connectivity index (χ2v) is 9.83. The highest BCUT2D eigenvalue weighted by Gasteiger charge is 2.60. The van der Waals surface area contributed by atoms with E-state index >= 15 is 0 Å². The fraction of sp³-hybridized carbons (Fsp3) is 0.588. The van der Waals surface area contributed by atoms with Crippen LogP contribution in [0, 0.1) is 5.41 Å². The third-order valence-electron chi connectivity index (χ3n) is 5.85. The van der Waals surface area contributed by atoms with Crippen molar-refractivity contribution in [3.05, 3.63) is 23.2 Å². The fourth-order valence-electron chi connectivity index (χ4n) is 4.32. The number of halogens is 1. The number of benzene rings is 1. The van der Waals surface area contributed by atoms with Crippen molar-refractivity contribution in [1.82, 2.24) is 10.8 Å². The van der Waals surface area contributed by atoms with Crippen molar-refractivity contribution in [1.29, 1.82) is 0 Å². The second-order valence-electron chi connectivity index (χ2n) is 7.16. The van der Waals surface area contributed by atoms with Gasteiger partial charge in [0.25, 0.3) is 5.91 Å². The van der Waals surface area contributed by atoms with Crippen LogP contribution in [0.1, 0.15) is 32.1 Å². The summed E-state index contributed by atoms with van der Waals surface area (Å²) in [4.78, 5) is 12.5. The maximum Gasteiger partial charge on any atom is 0.265 e. The molecular weight excluding hydrogens is 380 g/mol. The predicted molar refractivity (Wildman–Crippen MR) is 96.2 cm³/mol. The number of hydrogen-bond acceptors (Lipinski definition) is 6. The van der Waals surface area contributed by atoms with Crippen molar-refractivity contribution < 1.29 is 23.2 Å². The maximum absolute atomic E-state index is 13.4. The third-order valence-corrected chi connectivity index (χ3v) is 8.58. The standard InChI is InChI=1S/C17H23ClN2O5S/c1-25-14-3-2-12(10-13(14)18)26(23,24)17(15(21)20-22)5-4-16(11-17)6-8-19-9-7-16/h2-3,10,19,22H,4-9,11H2,1H3,(H,20,21). The Kier molecular flexibility index (Phi) is 5.22. The van der Waals surface area contributed by atoms with E-state index in [1.165, 1.54) is 25.3 Å². The predicted octanol–water partition coefficient (Wildman–Crippen LogP) is 1.92. The number of carbonyl (C=O) groups is 1. The normalized spacial score (nSPS) is 25.2. The van der Waals surface area contributed by atoms with Gasteiger partial charge in [-0.05, 0) is 68.8 Å². The van der Waals surface area contributed by atoms with Crippen LogP contribution in [-0.4, -0.2) is 44.5 Å². The Morgan fingerprint density at radius 2 is 1.96 bits per heavy atom. The fourth-order valence-corrected chi connectivity index (χ4v) is 6.77. The van der Waals surface area contributed by atoms with Crippen LogP contribution in [0.25, 0.3) is 0 Å². The highest BCUT2D eigenvalue weighted by molar-refractivity contribution is 7.93. The van der Waals surface area contributed by atoms with E-state index in [1.807, 2.05) is 0 Å². The molecule has 1 saturated heterocycles. The van der Waals surface area contributed by atoms with E-state index in [9.17, 15) is 18.4 Å². The summed E-state index contributed by atoms with van der Waals surface area (Å²) in [6, 6.07) is 4.16. The molecule has 2 aliphatic rings. The Hall–Kier alpha value is -1.35. The number of hydroxylamine groups is 1. The van der Waals surface area contributed by atoms with Gasteiger partial charge < -0.3 is 10.1 Å². The minimum Gasteiger partial charge on any atom is -0.495 e. The molecule has 1 amide bonds. The summed E-state index contributed by atoms with van der Waals surface area (Å²) in [5.41, 5.74) is 1.38. The molecule has 0 radical (unpaired) electrons. The van der Waals surface area contributed by atoms with E-state index < -0.39 is 20.5 Å². The van der Waals surface area contributed by atoms with Crippen molar-refractivity contribution in [2.45, 2.75) is 41.7 Å². The molecule has 1 atom stereocenters. The minimum absolute atomic E-state index is 0.0436. The summed E-state index contributed by atoms with van der Waals surface area (Å²) < 4.78 is 30.3. The first-order chi connectivity index (χ1) is 12.3. The molecule has 144 valence electrons. The minimum atomic E-state index is -4.07. The number of nitrogens with one attached hydrogen (secondary N) is 2. The molecule has 7 nitrogen and oxygen atoms in total. The van der Waals surface area contributed by atoms with E-state index in [-0.39, 0.29) is 28.2 Å². The topological polar surface area (TPSA) is 105 Å². The number of hydrogen-bond donors (Lipinski definition) is 3. The van der Waals surface area contributed by atoms with Gasteiger partial charge in [0.05, 0.1) is 17.0 Å². The van der Waals surface area contributed by atoms with Gasteiger partial charge in [0.1, 0.15) is 5.75 Å². The lowest BCUT2D eigenvalue weighted by atomic mass is 9.77. The molecule has 1 unspecified atom stereocenters. The van der Waals surface area contributed by atoms with Gasteiger partial charge in [-0.2, -0.15) is 0 Å². The average molecular weight is 403 g/mol. The van der Waals surface area contributed by atoms with E-state index in [0.29, 0.717) is 12.2 Å². The summed E-state index contributed by atoms with van der Waals surface area (Å²) in [5.74, 6) is -0.521. The Morgan fingerprint density at radius 3 is 2.54 bits per heavy atom. The van der Waals surface area contributed by atoms with E-state index in [2.05, 4.69) is 5.32 Å². The summed E-state index contributed by atoms with van der Waals surface area (Å²) in [7, 11) is -2.63. The summed E-state index contributed by atoms with van der Waals surface area (Å²) >= 11 is 6.10. The van der Waals surface area contributed by atoms with Gasteiger partial charge in [0.2, 0.25) is 0 Å². The maximum atomic E-state index is 13.4. The first-order valence-corrected chi connectivity index (χ1v) is 10.4. The zero-order chi connectivity index (χ0) is 19.0. The van der Waals surface area contributed by atoms with Crippen LogP contribution < -0.4 is 15.5 Å². The lowest BCUT2D eigenvalue weighted by Gasteiger charge is -2.36. The molecule has 1 saturated carbocycles. The summed E-state index contributed by atoms with van der Waals surface area (Å²) in [6.07, 6.45) is 2.62. The number of amides is 1. The number of carbonyl (C=O) groups excluding carboxylic acids is 1. The average Bonchev–Trinajstić information content (AvgIpc) is 3.02. The molecule has 1 aromatic carbocycles. The quantitative estimate of drug-likeness (QED) is 0.525. The summed E-state index contributed by atoms with van der Waals surface area (Å²) in [5, 5.41) is 12.7. The molecule has 1 aliphatic heterocycles. The molecule has 1 aliphatic carbocycles. The molecule has 26 heavy (non-hydrogen) atoms. The third kappa shape index (κ3) is 2.98. The van der Waals surface area contributed by atoms with Gasteiger partial charge in [0, 0.05) is 0 Å². The molecular formula is C17H23ClN2O5S. The zero-order valence-electron chi connectivity index (χ0n) is 14.5. The van der Waals surface area contributed by atoms with E-state index in [4.69, 9.17) is 16.3 Å². The van der Waals surface area contributed by atoms with Crippen molar-refractivity contribution in [3.63, 3.8) is 0 Å². The molecule has 2 fully saturated rings. The molecule has 1 heterocycles. The van der Waals surface area contributed by atoms with E-state index in [1.54, 1.807) is 5.48 Å². The monoisotopic (exact) mass is 402 g/mol. The Bertz CT molecular complexity index is 807. The number of methoxy groups -OCH3 is 1. The zero-order valence-corrected chi connectivity index (χ0v) is 16.1. The molecule has 3 rings (SSSR count). The highest BCUT2D eigenvalue weighted by atomic mass is 35.5. The lowest BCUT2D eigenvalue weighted by Crippen LogP contribution is -2.51. The van der Waals surface area contributed by atoms with Gasteiger partial charge >= 0.3 is 0 Å². The Balaban J connectivity index is 2.05. The SMILES string of the molecule is COc1ccc(S(=O)(=O)C2(C(=O)NO)CCC3(CCNCC3)C2)cc1Cl. The number of piperidine rings is 1. The largest absolute Gasteiger partial charge is 0.495 e. The number of ether oxygens (including phenoxy) is 1. The second kappa shape index (κ2) is 6.99. The molecule has 3 N–H and O–H groups in total. The number of sulfone groups is 1. The Labute approximate surface area is 157 Å².